The van der Waals surface area contributed by atoms with Crippen LogP contribution in [0.2, 0.25) is 0 Å². The number of esters is 1. The second kappa shape index (κ2) is 4.59. The Kier molecular flexibility index (Phi) is 3.31. The van der Waals surface area contributed by atoms with Crippen molar-refractivity contribution in [3.8, 4) is 0 Å². The highest BCUT2D eigenvalue weighted by molar-refractivity contribution is 6.08. The fraction of sp³-hybridized carbons (Fsp3) is 0.769. The van der Waals surface area contributed by atoms with E-state index in [0.717, 1.165) is 12.8 Å². The molecule has 2 aliphatic carbocycles. The first-order valence-corrected chi connectivity index (χ1v) is 6.33. The summed E-state index contributed by atoms with van der Waals surface area (Å²) in [7, 11) is 0. The largest absolute Gasteiger partial charge is 0.465 e. The minimum atomic E-state index is -1.14. The summed E-state index contributed by atoms with van der Waals surface area (Å²) in [6.07, 6.45) is 3.45. The van der Waals surface area contributed by atoms with Crippen LogP contribution in [0.1, 0.15) is 45.4 Å². The maximum absolute atomic E-state index is 12.0. The van der Waals surface area contributed by atoms with Crippen molar-refractivity contribution in [2.75, 3.05) is 6.61 Å². The quantitative estimate of drug-likeness (QED) is 0.540. The molecule has 0 aromatic carbocycles. The van der Waals surface area contributed by atoms with Gasteiger partial charge in [0, 0.05) is 18.8 Å². The van der Waals surface area contributed by atoms with E-state index < -0.39 is 11.4 Å². The van der Waals surface area contributed by atoms with Crippen LogP contribution in [0.25, 0.3) is 0 Å². The van der Waals surface area contributed by atoms with Gasteiger partial charge in [0.15, 0.2) is 5.78 Å². The van der Waals surface area contributed by atoms with Crippen LogP contribution in [0.3, 0.4) is 0 Å². The Labute approximate surface area is 101 Å². The molecule has 94 valence electrons. The van der Waals surface area contributed by atoms with Crippen molar-refractivity contribution < 1.29 is 19.1 Å². The Hall–Kier alpha value is -1.19. The molecule has 17 heavy (non-hydrogen) atoms. The van der Waals surface area contributed by atoms with E-state index in [9.17, 15) is 14.4 Å². The van der Waals surface area contributed by atoms with Gasteiger partial charge in [-0.25, -0.2) is 0 Å². The zero-order valence-electron chi connectivity index (χ0n) is 10.2. The second-order valence-electron chi connectivity index (χ2n) is 5.00. The van der Waals surface area contributed by atoms with Gasteiger partial charge in [-0.3, -0.25) is 14.4 Å². The van der Waals surface area contributed by atoms with Crippen LogP contribution in [-0.2, 0) is 19.1 Å². The van der Waals surface area contributed by atoms with Gasteiger partial charge in [0.25, 0.3) is 0 Å². The molecule has 0 aromatic rings. The number of Topliss-reactive ketones (excluding diaryl/α,β-unsaturated/α-hetero) is 2. The summed E-state index contributed by atoms with van der Waals surface area (Å²) < 4.78 is 4.99. The van der Waals surface area contributed by atoms with Gasteiger partial charge in [-0.05, 0) is 32.6 Å². The lowest BCUT2D eigenvalue weighted by atomic mass is 9.79. The molecule has 2 rings (SSSR count). The van der Waals surface area contributed by atoms with Gasteiger partial charge in [0.1, 0.15) is 11.2 Å². The van der Waals surface area contributed by atoms with Gasteiger partial charge in [-0.1, -0.05) is 0 Å². The fourth-order valence-corrected chi connectivity index (χ4v) is 2.52. The molecule has 0 heterocycles. The monoisotopic (exact) mass is 238 g/mol. The third-order valence-corrected chi connectivity index (χ3v) is 3.72. The Morgan fingerprint density at radius 1 is 1.41 bits per heavy atom. The van der Waals surface area contributed by atoms with E-state index in [1.165, 1.54) is 0 Å². The Balaban J connectivity index is 2.14. The zero-order chi connectivity index (χ0) is 12.5. The van der Waals surface area contributed by atoms with E-state index >= 15 is 0 Å². The van der Waals surface area contributed by atoms with Crippen molar-refractivity contribution in [2.24, 2.45) is 11.3 Å². The molecular weight excluding hydrogens is 220 g/mol. The molecule has 0 spiro atoms. The third kappa shape index (κ3) is 2.26. The maximum atomic E-state index is 12.0. The molecule has 0 aliphatic heterocycles. The summed E-state index contributed by atoms with van der Waals surface area (Å²) in [5, 5.41) is 0. The van der Waals surface area contributed by atoms with Gasteiger partial charge >= 0.3 is 5.97 Å². The summed E-state index contributed by atoms with van der Waals surface area (Å²) in [6, 6.07) is 0. The molecular formula is C13H18O4. The van der Waals surface area contributed by atoms with E-state index in [1.807, 2.05) is 0 Å². The minimum absolute atomic E-state index is 0.0632. The molecule has 2 saturated carbocycles. The molecule has 4 nitrogen and oxygen atoms in total. The van der Waals surface area contributed by atoms with Gasteiger partial charge in [0.2, 0.25) is 0 Å². The van der Waals surface area contributed by atoms with Gasteiger partial charge in [-0.15, -0.1) is 0 Å². The van der Waals surface area contributed by atoms with Crippen molar-refractivity contribution in [1.29, 1.82) is 0 Å². The highest BCUT2D eigenvalue weighted by Crippen LogP contribution is 2.43. The number of carbonyl (C=O) groups is 3. The first-order valence-electron chi connectivity index (χ1n) is 6.33. The predicted molar refractivity (Wildman–Crippen MR) is 60.3 cm³/mol. The average Bonchev–Trinajstić information content (AvgIpc) is 3.06. The number of hydrogen-bond donors (Lipinski definition) is 0. The standard InChI is InChI=1S/C13H18O4/c1-2-17-12(16)13(7-3-4-11(13)15)8-10(14)9-5-6-9/h9H,2-8H2,1H3/t13-/m0/s1. The smallest absolute Gasteiger partial charge is 0.320 e. The number of carbonyl (C=O) groups excluding carboxylic acids is 3. The van der Waals surface area contributed by atoms with E-state index in [-0.39, 0.29) is 30.5 Å². The Bertz CT molecular complexity index is 356. The molecule has 0 saturated heterocycles. The van der Waals surface area contributed by atoms with Crippen LogP contribution in [0.4, 0.5) is 0 Å². The molecule has 0 unspecified atom stereocenters. The zero-order valence-corrected chi connectivity index (χ0v) is 10.2. The molecule has 0 radical (unpaired) electrons. The van der Waals surface area contributed by atoms with E-state index in [1.54, 1.807) is 6.92 Å². The normalized spacial score (nSPS) is 28.2. The summed E-state index contributed by atoms with van der Waals surface area (Å²) in [5.41, 5.74) is -1.14. The first kappa shape index (κ1) is 12.3. The SMILES string of the molecule is CCOC(=O)[C@]1(CC(=O)C2CC2)CCCC1=O. The maximum Gasteiger partial charge on any atom is 0.320 e. The van der Waals surface area contributed by atoms with Crippen LogP contribution < -0.4 is 0 Å². The number of ether oxygens (including phenoxy) is 1. The van der Waals surface area contributed by atoms with E-state index in [2.05, 4.69) is 0 Å². The van der Waals surface area contributed by atoms with Crippen molar-refractivity contribution in [2.45, 2.75) is 45.4 Å². The van der Waals surface area contributed by atoms with Crippen molar-refractivity contribution in [3.05, 3.63) is 0 Å². The Morgan fingerprint density at radius 2 is 2.12 bits per heavy atom. The minimum Gasteiger partial charge on any atom is -0.465 e. The van der Waals surface area contributed by atoms with Gasteiger partial charge in [0.05, 0.1) is 6.61 Å². The molecule has 0 bridgehead atoms. The third-order valence-electron chi connectivity index (χ3n) is 3.72. The fourth-order valence-electron chi connectivity index (χ4n) is 2.52. The van der Waals surface area contributed by atoms with E-state index in [4.69, 9.17) is 4.74 Å². The van der Waals surface area contributed by atoms with Crippen LogP contribution >= 0.6 is 0 Å². The number of ketones is 2. The van der Waals surface area contributed by atoms with Crippen LogP contribution in [0.5, 0.6) is 0 Å². The molecule has 4 heteroatoms. The molecule has 2 fully saturated rings. The molecule has 1 atom stereocenters. The van der Waals surface area contributed by atoms with Gasteiger partial charge < -0.3 is 4.74 Å². The average molecular weight is 238 g/mol. The second-order valence-corrected chi connectivity index (χ2v) is 5.00. The molecule has 0 amide bonds. The summed E-state index contributed by atoms with van der Waals surface area (Å²) in [6.45, 7) is 1.97. The van der Waals surface area contributed by atoms with Crippen molar-refractivity contribution in [3.63, 3.8) is 0 Å². The van der Waals surface area contributed by atoms with Crippen LogP contribution in [-0.4, -0.2) is 24.1 Å². The lowest BCUT2D eigenvalue weighted by Gasteiger charge is -2.24. The number of rotatable bonds is 5. The highest BCUT2D eigenvalue weighted by Gasteiger charge is 2.52. The molecule has 0 aromatic heterocycles. The molecule has 2 aliphatic rings. The topological polar surface area (TPSA) is 60.4 Å². The highest BCUT2D eigenvalue weighted by atomic mass is 16.5. The summed E-state index contributed by atoms with van der Waals surface area (Å²) in [5.74, 6) is -0.440. The predicted octanol–water partition coefficient (Wildman–Crippen LogP) is 1.66. The summed E-state index contributed by atoms with van der Waals surface area (Å²) in [4.78, 5) is 35.8. The van der Waals surface area contributed by atoms with Crippen molar-refractivity contribution in [1.82, 2.24) is 0 Å². The molecule has 0 N–H and O–H groups in total. The van der Waals surface area contributed by atoms with E-state index in [0.29, 0.717) is 19.3 Å². The van der Waals surface area contributed by atoms with Crippen LogP contribution in [0, 0.1) is 11.3 Å². The lowest BCUT2D eigenvalue weighted by Crippen LogP contribution is -2.39. The van der Waals surface area contributed by atoms with Crippen molar-refractivity contribution >= 4 is 17.5 Å². The lowest BCUT2D eigenvalue weighted by molar-refractivity contribution is -0.161. The summed E-state index contributed by atoms with van der Waals surface area (Å²) >= 11 is 0. The van der Waals surface area contributed by atoms with Gasteiger partial charge in [-0.2, -0.15) is 0 Å². The number of hydrogen-bond acceptors (Lipinski definition) is 4. The Morgan fingerprint density at radius 3 is 2.59 bits per heavy atom. The van der Waals surface area contributed by atoms with Crippen LogP contribution in [0.15, 0.2) is 0 Å². The first-order chi connectivity index (χ1) is 8.10.